The van der Waals surface area contributed by atoms with Gasteiger partial charge in [-0.15, -0.1) is 0 Å². The van der Waals surface area contributed by atoms with E-state index in [2.05, 4.69) is 0 Å². The summed E-state index contributed by atoms with van der Waals surface area (Å²) in [4.78, 5) is 12.2. The van der Waals surface area contributed by atoms with E-state index in [-0.39, 0.29) is 16.8 Å². The second kappa shape index (κ2) is 3.71. The molecule has 0 N–H and O–H groups in total. The third-order valence-corrected chi connectivity index (χ3v) is 4.07. The molecule has 1 aromatic carbocycles. The fourth-order valence-corrected chi connectivity index (χ4v) is 3.26. The van der Waals surface area contributed by atoms with Crippen LogP contribution in [0.2, 0.25) is 0 Å². The lowest BCUT2D eigenvalue weighted by Crippen LogP contribution is -2.41. The van der Waals surface area contributed by atoms with Gasteiger partial charge in [-0.3, -0.25) is 4.79 Å². The van der Waals surface area contributed by atoms with E-state index < -0.39 is 5.41 Å². The SMILES string of the molecule is CC1(C)CC2(C=C(C#N)C1=O)COc1ccccc12. The molecule has 0 aromatic heterocycles. The summed E-state index contributed by atoms with van der Waals surface area (Å²) in [6.45, 7) is 4.32. The van der Waals surface area contributed by atoms with Crippen LogP contribution < -0.4 is 4.74 Å². The molecule has 1 atom stereocenters. The molecule has 0 bridgehead atoms. The lowest BCUT2D eigenvalue weighted by molar-refractivity contribution is -0.124. The molecule has 1 aliphatic heterocycles. The maximum atomic E-state index is 12.2. The van der Waals surface area contributed by atoms with Crippen molar-refractivity contribution in [2.45, 2.75) is 25.7 Å². The standard InChI is InChI=1S/C16H15NO2/c1-15(2)9-16(7-11(8-17)14(15)18)10-19-13-6-4-3-5-12(13)16/h3-7H,9-10H2,1-2H3. The molecular weight excluding hydrogens is 238 g/mol. The van der Waals surface area contributed by atoms with Gasteiger partial charge in [0.1, 0.15) is 18.4 Å². The van der Waals surface area contributed by atoms with E-state index in [1.807, 2.05) is 50.3 Å². The molecule has 1 unspecified atom stereocenters. The molecule has 1 aromatic rings. The van der Waals surface area contributed by atoms with E-state index in [4.69, 9.17) is 4.74 Å². The van der Waals surface area contributed by atoms with Crippen molar-refractivity contribution in [1.82, 2.24) is 0 Å². The normalized spacial score (nSPS) is 27.4. The van der Waals surface area contributed by atoms with Crippen molar-refractivity contribution < 1.29 is 9.53 Å². The molecule has 96 valence electrons. The first-order valence-electron chi connectivity index (χ1n) is 6.39. The minimum atomic E-state index is -0.527. The maximum Gasteiger partial charge on any atom is 0.178 e. The number of fused-ring (bicyclic) bond motifs is 2. The van der Waals surface area contributed by atoms with Crippen LogP contribution in [0.15, 0.2) is 35.9 Å². The molecule has 0 saturated carbocycles. The minimum Gasteiger partial charge on any atom is -0.492 e. The van der Waals surface area contributed by atoms with Crippen molar-refractivity contribution in [3.63, 3.8) is 0 Å². The molecule has 1 aliphatic carbocycles. The fraction of sp³-hybridized carbons (Fsp3) is 0.375. The van der Waals surface area contributed by atoms with Crippen molar-refractivity contribution in [3.05, 3.63) is 41.5 Å². The van der Waals surface area contributed by atoms with E-state index in [9.17, 15) is 10.1 Å². The third kappa shape index (κ3) is 1.60. The number of ether oxygens (including phenoxy) is 1. The molecule has 0 amide bonds. The second-order valence-electron chi connectivity index (χ2n) is 6.00. The van der Waals surface area contributed by atoms with Gasteiger partial charge in [-0.1, -0.05) is 32.0 Å². The zero-order valence-electron chi connectivity index (χ0n) is 11.1. The van der Waals surface area contributed by atoms with Crippen molar-refractivity contribution >= 4 is 5.78 Å². The van der Waals surface area contributed by atoms with Crippen LogP contribution in [0, 0.1) is 16.7 Å². The number of rotatable bonds is 0. The molecule has 19 heavy (non-hydrogen) atoms. The van der Waals surface area contributed by atoms with Gasteiger partial charge in [0, 0.05) is 11.0 Å². The number of hydrogen-bond acceptors (Lipinski definition) is 3. The van der Waals surface area contributed by atoms with Gasteiger partial charge in [0.05, 0.1) is 11.0 Å². The monoisotopic (exact) mass is 253 g/mol. The summed E-state index contributed by atoms with van der Waals surface area (Å²) in [5.74, 6) is 0.797. The molecule has 1 heterocycles. The first-order chi connectivity index (χ1) is 8.98. The van der Waals surface area contributed by atoms with Crippen LogP contribution >= 0.6 is 0 Å². The second-order valence-corrected chi connectivity index (χ2v) is 6.00. The Morgan fingerprint density at radius 3 is 2.79 bits per heavy atom. The number of ketones is 1. The van der Waals surface area contributed by atoms with E-state index in [1.165, 1.54) is 0 Å². The average Bonchev–Trinajstić information content (AvgIpc) is 2.73. The lowest BCUT2D eigenvalue weighted by atomic mass is 9.62. The molecule has 0 fully saturated rings. The number of allylic oxidation sites excluding steroid dienone is 1. The highest BCUT2D eigenvalue weighted by molar-refractivity contribution is 6.04. The number of hydrogen-bond donors (Lipinski definition) is 0. The summed E-state index contributed by atoms with van der Waals surface area (Å²) in [6, 6.07) is 9.92. The third-order valence-electron chi connectivity index (χ3n) is 4.07. The topological polar surface area (TPSA) is 50.1 Å². The Kier molecular flexibility index (Phi) is 2.34. The summed E-state index contributed by atoms with van der Waals surface area (Å²) in [6.07, 6.45) is 2.49. The van der Waals surface area contributed by atoms with Crippen molar-refractivity contribution in [3.8, 4) is 11.8 Å². The molecule has 3 rings (SSSR count). The molecule has 0 saturated heterocycles. The molecule has 2 aliphatic rings. The summed E-state index contributed by atoms with van der Waals surface area (Å²) in [7, 11) is 0. The highest BCUT2D eigenvalue weighted by Gasteiger charge is 2.49. The fourth-order valence-electron chi connectivity index (χ4n) is 3.26. The van der Waals surface area contributed by atoms with Crippen LogP contribution in [-0.2, 0) is 10.2 Å². The quantitative estimate of drug-likeness (QED) is 0.714. The average molecular weight is 253 g/mol. The van der Waals surface area contributed by atoms with Gasteiger partial charge in [0.2, 0.25) is 0 Å². The van der Waals surface area contributed by atoms with E-state index >= 15 is 0 Å². The number of benzene rings is 1. The molecule has 1 spiro atoms. The Hall–Kier alpha value is -2.08. The number of para-hydroxylation sites is 1. The summed E-state index contributed by atoms with van der Waals surface area (Å²) in [5, 5.41) is 9.21. The lowest BCUT2D eigenvalue weighted by Gasteiger charge is -2.37. The summed E-state index contributed by atoms with van der Waals surface area (Å²) in [5.41, 5.74) is 0.486. The van der Waals surface area contributed by atoms with Gasteiger partial charge >= 0.3 is 0 Å². The van der Waals surface area contributed by atoms with Gasteiger partial charge in [-0.25, -0.2) is 0 Å². The Bertz CT molecular complexity index is 636. The number of carbonyl (C=O) groups excluding carboxylic acids is 1. The van der Waals surface area contributed by atoms with E-state index in [0.29, 0.717) is 13.0 Å². The summed E-state index contributed by atoms with van der Waals surface area (Å²) >= 11 is 0. The predicted molar refractivity (Wildman–Crippen MR) is 70.7 cm³/mol. The maximum absolute atomic E-state index is 12.2. The van der Waals surface area contributed by atoms with E-state index in [1.54, 1.807) is 0 Å². The molecule has 0 radical (unpaired) electrons. The van der Waals surface area contributed by atoms with Gasteiger partial charge in [-0.05, 0) is 18.6 Å². The van der Waals surface area contributed by atoms with Crippen LogP contribution in [0.4, 0.5) is 0 Å². The Morgan fingerprint density at radius 2 is 2.05 bits per heavy atom. The van der Waals surface area contributed by atoms with Gasteiger partial charge in [0.15, 0.2) is 5.78 Å². The van der Waals surface area contributed by atoms with Crippen molar-refractivity contribution in [2.24, 2.45) is 5.41 Å². The Balaban J connectivity index is 2.20. The van der Waals surface area contributed by atoms with Gasteiger partial charge < -0.3 is 4.74 Å². The van der Waals surface area contributed by atoms with Crippen LogP contribution in [0.5, 0.6) is 5.75 Å². The highest BCUT2D eigenvalue weighted by atomic mass is 16.5. The van der Waals surface area contributed by atoms with Crippen molar-refractivity contribution in [1.29, 1.82) is 5.26 Å². The Labute approximate surface area is 112 Å². The minimum absolute atomic E-state index is 0.0648. The predicted octanol–water partition coefficient (Wildman–Crippen LogP) is 2.77. The van der Waals surface area contributed by atoms with Crippen LogP contribution in [0.1, 0.15) is 25.8 Å². The van der Waals surface area contributed by atoms with Crippen LogP contribution in [-0.4, -0.2) is 12.4 Å². The largest absolute Gasteiger partial charge is 0.492 e. The van der Waals surface area contributed by atoms with Crippen molar-refractivity contribution in [2.75, 3.05) is 6.61 Å². The molecule has 3 nitrogen and oxygen atoms in total. The number of nitrogens with zero attached hydrogens (tertiary/aromatic N) is 1. The van der Waals surface area contributed by atoms with E-state index in [0.717, 1.165) is 11.3 Å². The molecule has 3 heteroatoms. The van der Waals surface area contributed by atoms with Crippen LogP contribution in [0.3, 0.4) is 0 Å². The Morgan fingerprint density at radius 1 is 1.32 bits per heavy atom. The number of Topliss-reactive ketones (excluding diaryl/α,β-unsaturated/α-hetero) is 1. The highest BCUT2D eigenvalue weighted by Crippen LogP contribution is 2.50. The van der Waals surface area contributed by atoms with Gasteiger partial charge in [-0.2, -0.15) is 5.26 Å². The molecular formula is C16H15NO2. The number of carbonyl (C=O) groups is 1. The first kappa shape index (κ1) is 12.0. The zero-order chi connectivity index (χ0) is 13.7. The van der Waals surface area contributed by atoms with Gasteiger partial charge in [0.25, 0.3) is 0 Å². The smallest absolute Gasteiger partial charge is 0.178 e. The van der Waals surface area contributed by atoms with Crippen LogP contribution in [0.25, 0.3) is 0 Å². The number of nitriles is 1. The zero-order valence-corrected chi connectivity index (χ0v) is 11.1. The first-order valence-corrected chi connectivity index (χ1v) is 6.39. The summed E-state index contributed by atoms with van der Waals surface area (Å²) < 4.78 is 5.75.